The molecule has 4 rings (SSSR count). The van der Waals surface area contributed by atoms with Crippen molar-refractivity contribution in [2.24, 2.45) is 0 Å². The van der Waals surface area contributed by atoms with Gasteiger partial charge in [-0.05, 0) is 71.9 Å². The zero-order valence-corrected chi connectivity index (χ0v) is 27.7. The van der Waals surface area contributed by atoms with Crippen molar-refractivity contribution in [1.82, 2.24) is 14.8 Å². The van der Waals surface area contributed by atoms with E-state index in [2.05, 4.69) is 35.1 Å². The Bertz CT molecular complexity index is 1410. The first kappa shape index (κ1) is 32.2. The van der Waals surface area contributed by atoms with Gasteiger partial charge in [0, 0.05) is 16.5 Å². The zero-order chi connectivity index (χ0) is 30.1. The monoisotopic (exact) mass is 676 g/mol. The van der Waals surface area contributed by atoms with Crippen molar-refractivity contribution in [1.29, 1.82) is 0 Å². The van der Waals surface area contributed by atoms with Crippen molar-refractivity contribution in [2.45, 2.75) is 76.8 Å². The molecule has 0 bridgehead atoms. The van der Waals surface area contributed by atoms with Crippen LogP contribution in [-0.4, -0.2) is 40.6 Å². The number of carbonyl (C=O) groups excluding carboxylic acids is 1. The molecule has 42 heavy (non-hydrogen) atoms. The number of benzene rings is 2. The summed E-state index contributed by atoms with van der Waals surface area (Å²) in [7, 11) is 0. The highest BCUT2D eigenvalue weighted by molar-refractivity contribution is 9.10. The van der Waals surface area contributed by atoms with E-state index in [4.69, 9.17) is 35.9 Å². The number of anilines is 1. The molecule has 1 atom stereocenters. The minimum atomic E-state index is -0.595. The van der Waals surface area contributed by atoms with E-state index in [0.717, 1.165) is 47.7 Å². The maximum Gasteiger partial charge on any atom is 0.338 e. The van der Waals surface area contributed by atoms with Gasteiger partial charge < -0.3 is 19.5 Å². The first-order chi connectivity index (χ1) is 20.4. The number of carbonyl (C=O) groups is 1. The molecule has 0 amide bonds. The second-order valence-electron chi connectivity index (χ2n) is 9.92. The van der Waals surface area contributed by atoms with Gasteiger partial charge in [0.2, 0.25) is 11.1 Å². The average Bonchev–Trinajstić information content (AvgIpc) is 3.37. The minimum Gasteiger partial charge on any atom is -0.490 e. The lowest BCUT2D eigenvalue weighted by atomic mass is 9.95. The third kappa shape index (κ3) is 7.82. The van der Waals surface area contributed by atoms with Crippen molar-refractivity contribution < 1.29 is 19.0 Å². The lowest BCUT2D eigenvalue weighted by molar-refractivity contribution is -0.139. The van der Waals surface area contributed by atoms with Crippen LogP contribution in [0.2, 0.25) is 5.02 Å². The Morgan fingerprint density at radius 1 is 1.10 bits per heavy atom. The molecule has 11 heteroatoms. The molecule has 1 aliphatic heterocycles. The quantitative estimate of drug-likeness (QED) is 0.0973. The van der Waals surface area contributed by atoms with Crippen LogP contribution in [0.5, 0.6) is 11.5 Å². The van der Waals surface area contributed by atoms with Crippen LogP contribution in [-0.2, 0) is 15.3 Å². The van der Waals surface area contributed by atoms with Crippen molar-refractivity contribution in [3.63, 3.8) is 0 Å². The number of unbranched alkanes of at least 4 members (excludes halogenated alkanes) is 3. The number of aromatic nitrogens is 3. The fourth-order valence-corrected chi connectivity index (χ4v) is 6.27. The molecule has 2 heterocycles. The van der Waals surface area contributed by atoms with E-state index in [-0.39, 0.29) is 5.97 Å². The molecule has 3 aromatic rings. The summed E-state index contributed by atoms with van der Waals surface area (Å²) in [4.78, 5) is 18.3. The lowest BCUT2D eigenvalue weighted by Crippen LogP contribution is -2.30. The Labute approximate surface area is 265 Å². The van der Waals surface area contributed by atoms with Crippen LogP contribution in [0.25, 0.3) is 0 Å². The number of ether oxygens (including phenoxy) is 3. The summed E-state index contributed by atoms with van der Waals surface area (Å²) in [6.45, 7) is 9.42. The fourth-order valence-electron chi connectivity index (χ4n) is 4.58. The number of thioether (sulfide) groups is 1. The van der Waals surface area contributed by atoms with Crippen molar-refractivity contribution in [3.8, 4) is 11.5 Å². The fraction of sp³-hybridized carbons (Fsp3) is 0.452. The van der Waals surface area contributed by atoms with E-state index < -0.39 is 6.04 Å². The van der Waals surface area contributed by atoms with E-state index in [0.29, 0.717) is 64.5 Å². The van der Waals surface area contributed by atoms with Gasteiger partial charge >= 0.3 is 5.97 Å². The summed E-state index contributed by atoms with van der Waals surface area (Å²) < 4.78 is 20.4. The maximum absolute atomic E-state index is 13.5. The van der Waals surface area contributed by atoms with Gasteiger partial charge in [-0.25, -0.2) is 9.48 Å². The van der Waals surface area contributed by atoms with Crippen LogP contribution < -0.4 is 14.8 Å². The number of allylic oxidation sites excluding steroid dienone is 1. The molecule has 1 aliphatic rings. The van der Waals surface area contributed by atoms with Crippen LogP contribution in [0.4, 0.5) is 5.95 Å². The van der Waals surface area contributed by atoms with Crippen molar-refractivity contribution >= 4 is 51.2 Å². The summed E-state index contributed by atoms with van der Waals surface area (Å²) in [6.07, 6.45) is 4.87. The van der Waals surface area contributed by atoms with Crippen LogP contribution in [0.3, 0.4) is 0 Å². The number of rotatable bonds is 15. The molecule has 0 spiro atoms. The molecular formula is C31H38BrClN4O4S. The van der Waals surface area contributed by atoms with Crippen LogP contribution in [0, 0.1) is 0 Å². The molecule has 0 saturated carbocycles. The first-order valence-electron chi connectivity index (χ1n) is 14.4. The lowest BCUT2D eigenvalue weighted by Gasteiger charge is -2.29. The number of esters is 1. The predicted octanol–water partition coefficient (Wildman–Crippen LogP) is 8.59. The van der Waals surface area contributed by atoms with Gasteiger partial charge in [-0.2, -0.15) is 4.98 Å². The predicted molar refractivity (Wildman–Crippen MR) is 172 cm³/mol. The molecule has 1 aromatic heterocycles. The smallest absolute Gasteiger partial charge is 0.338 e. The highest BCUT2D eigenvalue weighted by atomic mass is 79.9. The molecule has 8 nitrogen and oxygen atoms in total. The molecule has 0 radical (unpaired) electrons. The van der Waals surface area contributed by atoms with E-state index in [1.807, 2.05) is 50.2 Å². The summed E-state index contributed by atoms with van der Waals surface area (Å²) in [5.74, 6) is 2.00. The Hall–Kier alpha value is -2.69. The highest BCUT2D eigenvalue weighted by Gasteiger charge is 2.36. The molecule has 0 fully saturated rings. The number of fused-ring (bicyclic) bond motifs is 1. The van der Waals surface area contributed by atoms with E-state index in [1.54, 1.807) is 4.68 Å². The van der Waals surface area contributed by atoms with Crippen LogP contribution in [0.1, 0.15) is 77.0 Å². The van der Waals surface area contributed by atoms with Gasteiger partial charge in [-0.3, -0.25) is 0 Å². The Morgan fingerprint density at radius 2 is 1.88 bits per heavy atom. The standard InChI is InChI=1S/C31H38BrClN4O4S/c1-5-8-12-16-40-28-23(32)17-22(18-25(28)39-7-3)27-26(29(38)41-15-9-6-2)20(4)34-30-35-31(36-37(27)30)42-19-21-13-10-11-14-24(21)33/h10-11,13-14,17-18,27H,5-9,12,15-16,19H2,1-4H3,(H,34,35,36). The number of halogens is 2. The topological polar surface area (TPSA) is 87.5 Å². The van der Waals surface area contributed by atoms with Crippen LogP contribution >= 0.6 is 39.3 Å². The Morgan fingerprint density at radius 3 is 2.62 bits per heavy atom. The normalized spacial score (nSPS) is 14.4. The first-order valence-corrected chi connectivity index (χ1v) is 16.6. The second kappa shape index (κ2) is 15.7. The van der Waals surface area contributed by atoms with Crippen molar-refractivity contribution in [3.05, 3.63) is 68.3 Å². The summed E-state index contributed by atoms with van der Waals surface area (Å²) in [5.41, 5.74) is 2.93. The van der Waals surface area contributed by atoms with Gasteiger partial charge in [-0.15, -0.1) is 5.10 Å². The number of hydrogen-bond acceptors (Lipinski definition) is 8. The summed E-state index contributed by atoms with van der Waals surface area (Å²) in [6, 6.07) is 11.0. The Kier molecular flexibility index (Phi) is 12.0. The largest absolute Gasteiger partial charge is 0.490 e. The van der Waals surface area contributed by atoms with Gasteiger partial charge in [0.25, 0.3) is 0 Å². The maximum atomic E-state index is 13.5. The molecular weight excluding hydrogens is 640 g/mol. The van der Waals surface area contributed by atoms with Gasteiger partial charge in [0.1, 0.15) is 6.04 Å². The number of nitrogens with zero attached hydrogens (tertiary/aromatic N) is 3. The SMILES string of the molecule is CCCCCOc1c(Br)cc(C2C(C(=O)OCCCC)=C(C)Nc3nc(SCc4ccccc4Cl)nn32)cc1OCC. The van der Waals surface area contributed by atoms with E-state index in [9.17, 15) is 4.79 Å². The molecule has 1 N–H and O–H groups in total. The molecule has 2 aromatic carbocycles. The van der Waals surface area contributed by atoms with Crippen molar-refractivity contribution in [2.75, 3.05) is 25.1 Å². The Balaban J connectivity index is 1.73. The number of hydrogen-bond donors (Lipinski definition) is 1. The van der Waals surface area contributed by atoms with Gasteiger partial charge in [-0.1, -0.05) is 74.7 Å². The van der Waals surface area contributed by atoms with Crippen LogP contribution in [0.15, 0.2) is 57.3 Å². The minimum absolute atomic E-state index is 0.348. The summed E-state index contributed by atoms with van der Waals surface area (Å²) >= 11 is 11.6. The second-order valence-corrected chi connectivity index (χ2v) is 12.1. The van der Waals surface area contributed by atoms with E-state index in [1.165, 1.54) is 11.8 Å². The zero-order valence-electron chi connectivity index (χ0n) is 24.5. The number of nitrogens with one attached hydrogen (secondary N) is 1. The third-order valence-corrected chi connectivity index (χ3v) is 8.58. The van der Waals surface area contributed by atoms with Gasteiger partial charge in [0.05, 0.1) is 29.9 Å². The molecule has 0 aliphatic carbocycles. The molecule has 226 valence electrons. The third-order valence-electron chi connectivity index (χ3n) is 6.74. The van der Waals surface area contributed by atoms with E-state index >= 15 is 0 Å². The molecule has 1 unspecified atom stereocenters. The highest BCUT2D eigenvalue weighted by Crippen LogP contribution is 2.43. The van der Waals surface area contributed by atoms with Gasteiger partial charge in [0.15, 0.2) is 11.5 Å². The average molecular weight is 678 g/mol. The molecule has 0 saturated heterocycles. The summed E-state index contributed by atoms with van der Waals surface area (Å²) in [5, 5.41) is 9.39.